The number of nitrogens with zero attached hydrogens (tertiary/aromatic N) is 1. The summed E-state index contributed by atoms with van der Waals surface area (Å²) in [5, 5.41) is 14.1. The van der Waals surface area contributed by atoms with Crippen molar-refractivity contribution in [3.05, 3.63) is 94.1 Å². The molecular weight excluding hydrogens is 460 g/mol. The number of benzene rings is 3. The van der Waals surface area contributed by atoms with Crippen LogP contribution < -0.4 is 24.8 Å². The molecule has 3 amide bonds. The van der Waals surface area contributed by atoms with E-state index in [9.17, 15) is 19.5 Å². The Morgan fingerprint density at radius 1 is 1.09 bits per heavy atom. The molecule has 1 N–H and O–H groups in total. The Balaban J connectivity index is 1.64. The highest BCUT2D eigenvalue weighted by Crippen LogP contribution is 2.34. The van der Waals surface area contributed by atoms with Crippen LogP contribution in [0.5, 0.6) is 11.5 Å². The lowest BCUT2D eigenvalue weighted by atomic mass is 10.1. The molecule has 9 heteroatoms. The molecule has 0 atom stereocenters. The van der Waals surface area contributed by atoms with Crippen molar-refractivity contribution >= 4 is 41.3 Å². The number of para-hydroxylation sites is 1. The minimum absolute atomic E-state index is 0.0313. The van der Waals surface area contributed by atoms with E-state index in [2.05, 4.69) is 5.32 Å². The van der Waals surface area contributed by atoms with Gasteiger partial charge in [-0.2, -0.15) is 0 Å². The van der Waals surface area contributed by atoms with Gasteiger partial charge in [-0.05, 0) is 47.5 Å². The van der Waals surface area contributed by atoms with Crippen LogP contribution >= 0.6 is 11.6 Å². The summed E-state index contributed by atoms with van der Waals surface area (Å²) in [7, 11) is 1.47. The summed E-state index contributed by atoms with van der Waals surface area (Å²) in [6.07, 6.45) is 1.49. The van der Waals surface area contributed by atoms with Crippen LogP contribution in [-0.2, 0) is 11.4 Å². The molecule has 3 aromatic rings. The quantitative estimate of drug-likeness (QED) is 0.413. The first-order valence-electron chi connectivity index (χ1n) is 10.1. The van der Waals surface area contributed by atoms with E-state index >= 15 is 0 Å². The summed E-state index contributed by atoms with van der Waals surface area (Å²) in [5.74, 6) is -1.12. The number of carboxylic acid groups (broad SMARTS) is 1. The number of amides is 3. The number of aromatic carboxylic acids is 1. The molecule has 4 rings (SSSR count). The van der Waals surface area contributed by atoms with Crippen LogP contribution in [0.25, 0.3) is 6.08 Å². The molecule has 1 aliphatic rings. The number of anilines is 1. The van der Waals surface area contributed by atoms with E-state index in [0.717, 1.165) is 4.90 Å². The molecule has 0 unspecified atom stereocenters. The number of rotatable bonds is 7. The molecule has 0 aromatic heterocycles. The Hall–Kier alpha value is -4.30. The van der Waals surface area contributed by atoms with Crippen LogP contribution in [0.15, 0.2) is 72.4 Å². The Kier molecular flexibility index (Phi) is 6.51. The van der Waals surface area contributed by atoms with Crippen molar-refractivity contribution in [3.8, 4) is 11.5 Å². The number of ether oxygens (including phenoxy) is 2. The van der Waals surface area contributed by atoms with Crippen molar-refractivity contribution in [1.29, 1.82) is 0 Å². The van der Waals surface area contributed by atoms with Crippen LogP contribution in [0.3, 0.4) is 0 Å². The van der Waals surface area contributed by atoms with Crippen LogP contribution in [0, 0.1) is 0 Å². The first-order valence-corrected chi connectivity index (χ1v) is 10.5. The Morgan fingerprint density at radius 3 is 2.59 bits per heavy atom. The largest absolute Gasteiger partial charge is 0.545 e. The lowest BCUT2D eigenvalue weighted by Gasteiger charge is -2.14. The SMILES string of the molecule is COc1cccc(/C=C2\NC(=O)N(c3cccc(Cl)c3)C2=O)c1OCc1cccc(C(=O)[O-])c1. The van der Waals surface area contributed by atoms with Gasteiger partial charge in [0.25, 0.3) is 5.91 Å². The molecule has 0 aliphatic carbocycles. The summed E-state index contributed by atoms with van der Waals surface area (Å²) in [6.45, 7) is 0.0343. The number of nitrogens with one attached hydrogen (secondary N) is 1. The van der Waals surface area contributed by atoms with Gasteiger partial charge in [-0.25, -0.2) is 9.69 Å². The number of hydrogen-bond acceptors (Lipinski definition) is 6. The fourth-order valence-corrected chi connectivity index (χ4v) is 3.63. The van der Waals surface area contributed by atoms with E-state index < -0.39 is 17.9 Å². The molecule has 1 fully saturated rings. The maximum absolute atomic E-state index is 13.0. The number of carboxylic acids is 1. The van der Waals surface area contributed by atoms with Gasteiger partial charge in [-0.15, -0.1) is 0 Å². The molecule has 1 saturated heterocycles. The van der Waals surface area contributed by atoms with E-state index in [1.54, 1.807) is 48.5 Å². The third-order valence-corrected chi connectivity index (χ3v) is 5.25. The zero-order valence-electron chi connectivity index (χ0n) is 17.9. The molecule has 1 aliphatic heterocycles. The normalized spacial score (nSPS) is 14.3. The number of hydrogen-bond donors (Lipinski definition) is 1. The summed E-state index contributed by atoms with van der Waals surface area (Å²) in [4.78, 5) is 37.6. The average molecular weight is 478 g/mol. The first-order chi connectivity index (χ1) is 16.4. The van der Waals surface area contributed by atoms with E-state index in [4.69, 9.17) is 21.1 Å². The number of halogens is 1. The Morgan fingerprint density at radius 2 is 1.85 bits per heavy atom. The second-order valence-electron chi connectivity index (χ2n) is 7.26. The molecule has 172 valence electrons. The molecular formula is C25H18ClN2O6-. The molecule has 34 heavy (non-hydrogen) atoms. The minimum Gasteiger partial charge on any atom is -0.545 e. The predicted molar refractivity (Wildman–Crippen MR) is 124 cm³/mol. The minimum atomic E-state index is -1.29. The van der Waals surface area contributed by atoms with Crippen LogP contribution in [0.4, 0.5) is 10.5 Å². The number of carbonyl (C=O) groups excluding carboxylic acids is 3. The lowest BCUT2D eigenvalue weighted by molar-refractivity contribution is -0.255. The maximum atomic E-state index is 13.0. The average Bonchev–Trinajstić information content (AvgIpc) is 3.10. The summed E-state index contributed by atoms with van der Waals surface area (Å²) >= 11 is 6.00. The molecule has 0 radical (unpaired) electrons. The van der Waals surface area contributed by atoms with Gasteiger partial charge >= 0.3 is 6.03 Å². The monoisotopic (exact) mass is 477 g/mol. The van der Waals surface area contributed by atoms with Gasteiger partial charge in [0.1, 0.15) is 12.3 Å². The van der Waals surface area contributed by atoms with Crippen LogP contribution in [0.2, 0.25) is 5.02 Å². The third kappa shape index (κ3) is 4.72. The standard InChI is InChI=1S/C25H19ClN2O6/c1-33-21-10-3-6-16(22(21)34-14-15-5-2-7-17(11-15)24(30)31)12-20-23(29)28(25(32)27-20)19-9-4-8-18(26)13-19/h2-13H,14H2,1H3,(H,27,32)(H,30,31)/p-1/b20-12-. The lowest BCUT2D eigenvalue weighted by Crippen LogP contribution is -2.30. The van der Waals surface area contributed by atoms with Crippen LogP contribution in [-0.4, -0.2) is 25.0 Å². The topological polar surface area (TPSA) is 108 Å². The zero-order valence-corrected chi connectivity index (χ0v) is 18.7. The molecule has 0 spiro atoms. The first kappa shape index (κ1) is 22.9. The number of urea groups is 1. The van der Waals surface area contributed by atoms with Gasteiger partial charge in [0.15, 0.2) is 11.5 Å². The number of methoxy groups -OCH3 is 1. The molecule has 1 heterocycles. The van der Waals surface area contributed by atoms with Crippen molar-refractivity contribution in [2.24, 2.45) is 0 Å². The van der Waals surface area contributed by atoms with Gasteiger partial charge in [0.05, 0.1) is 18.8 Å². The highest BCUT2D eigenvalue weighted by atomic mass is 35.5. The highest BCUT2D eigenvalue weighted by Gasteiger charge is 2.35. The van der Waals surface area contributed by atoms with E-state index in [1.807, 2.05) is 0 Å². The highest BCUT2D eigenvalue weighted by molar-refractivity contribution is 6.32. The van der Waals surface area contributed by atoms with Crippen molar-refractivity contribution < 1.29 is 29.0 Å². The molecule has 0 bridgehead atoms. The summed E-state index contributed by atoms with van der Waals surface area (Å²) in [5.41, 5.74) is 1.50. The number of imide groups is 1. The van der Waals surface area contributed by atoms with E-state index in [1.165, 1.54) is 31.4 Å². The van der Waals surface area contributed by atoms with Gasteiger partial charge in [-0.3, -0.25) is 4.79 Å². The summed E-state index contributed by atoms with van der Waals surface area (Å²) < 4.78 is 11.3. The smallest absolute Gasteiger partial charge is 0.333 e. The van der Waals surface area contributed by atoms with Gasteiger partial charge < -0.3 is 24.7 Å². The Bertz CT molecular complexity index is 1320. The zero-order chi connectivity index (χ0) is 24.2. The van der Waals surface area contributed by atoms with E-state index in [-0.39, 0.29) is 17.9 Å². The predicted octanol–water partition coefficient (Wildman–Crippen LogP) is 3.39. The molecule has 0 saturated carbocycles. The summed E-state index contributed by atoms with van der Waals surface area (Å²) in [6, 6.07) is 17.1. The second-order valence-corrected chi connectivity index (χ2v) is 7.70. The number of carbonyl (C=O) groups is 3. The third-order valence-electron chi connectivity index (χ3n) is 5.02. The van der Waals surface area contributed by atoms with Gasteiger partial charge in [-0.1, -0.05) is 48.0 Å². The molecule has 3 aromatic carbocycles. The van der Waals surface area contributed by atoms with Gasteiger partial charge in [0.2, 0.25) is 0 Å². The van der Waals surface area contributed by atoms with Crippen molar-refractivity contribution in [1.82, 2.24) is 5.32 Å². The fourth-order valence-electron chi connectivity index (χ4n) is 3.45. The fraction of sp³-hybridized carbons (Fsp3) is 0.0800. The van der Waals surface area contributed by atoms with E-state index in [0.29, 0.717) is 33.3 Å². The maximum Gasteiger partial charge on any atom is 0.333 e. The van der Waals surface area contributed by atoms with Crippen molar-refractivity contribution in [2.75, 3.05) is 12.0 Å². The van der Waals surface area contributed by atoms with Crippen LogP contribution in [0.1, 0.15) is 21.5 Å². The van der Waals surface area contributed by atoms with Gasteiger partial charge in [0, 0.05) is 10.6 Å². The van der Waals surface area contributed by atoms with Crippen molar-refractivity contribution in [2.45, 2.75) is 6.61 Å². The Labute approximate surface area is 200 Å². The van der Waals surface area contributed by atoms with Crippen molar-refractivity contribution in [3.63, 3.8) is 0 Å². The second kappa shape index (κ2) is 9.68. The molecule has 8 nitrogen and oxygen atoms in total.